The van der Waals surface area contributed by atoms with Gasteiger partial charge in [0.15, 0.2) is 0 Å². The molecule has 0 bridgehead atoms. The number of ether oxygens (including phenoxy) is 1. The number of likely N-dealkylation sites (tertiary alicyclic amines) is 1. The first-order chi connectivity index (χ1) is 7.61. The van der Waals surface area contributed by atoms with Gasteiger partial charge >= 0.3 is 0 Å². The maximum absolute atomic E-state index is 6.04. The van der Waals surface area contributed by atoms with E-state index >= 15 is 0 Å². The lowest BCUT2D eigenvalue weighted by molar-refractivity contribution is 0.0976. The van der Waals surface area contributed by atoms with Crippen LogP contribution in [0.5, 0.6) is 5.75 Å². The zero-order valence-corrected chi connectivity index (χ0v) is 10.4. The number of hydrogen-bond donors (Lipinski definition) is 1. The smallest absolute Gasteiger partial charge is 0.122 e. The Morgan fingerprint density at radius 2 is 2.19 bits per heavy atom. The molecular formula is C12H17ClN2O. The molecule has 3 nitrogen and oxygen atoms in total. The Kier molecular flexibility index (Phi) is 3.10. The quantitative estimate of drug-likeness (QED) is 0.870. The summed E-state index contributed by atoms with van der Waals surface area (Å²) < 4.78 is 5.39. The summed E-state index contributed by atoms with van der Waals surface area (Å²) in [5, 5.41) is 0.734. The summed E-state index contributed by atoms with van der Waals surface area (Å²) in [6.07, 6.45) is 0. The van der Waals surface area contributed by atoms with Gasteiger partial charge in [-0.3, -0.25) is 0 Å². The summed E-state index contributed by atoms with van der Waals surface area (Å²) in [4.78, 5) is 2.24. The minimum atomic E-state index is 0.00495. The minimum Gasteiger partial charge on any atom is -0.496 e. The van der Waals surface area contributed by atoms with Crippen molar-refractivity contribution in [3.05, 3.63) is 28.8 Å². The van der Waals surface area contributed by atoms with Gasteiger partial charge in [0.25, 0.3) is 0 Å². The Morgan fingerprint density at radius 1 is 1.50 bits per heavy atom. The van der Waals surface area contributed by atoms with Gasteiger partial charge < -0.3 is 15.4 Å². The molecule has 0 radical (unpaired) electrons. The van der Waals surface area contributed by atoms with E-state index in [0.717, 1.165) is 29.4 Å². The van der Waals surface area contributed by atoms with Gasteiger partial charge in [0.1, 0.15) is 5.75 Å². The van der Waals surface area contributed by atoms with E-state index in [1.54, 1.807) is 7.11 Å². The molecular weight excluding hydrogens is 224 g/mol. The van der Waals surface area contributed by atoms with Crippen molar-refractivity contribution < 1.29 is 4.74 Å². The molecule has 0 spiro atoms. The largest absolute Gasteiger partial charge is 0.496 e. The minimum absolute atomic E-state index is 0.00495. The SMILES string of the molecule is COc1ccc(Cl)cc1C1(CN)CN(C)C1. The van der Waals surface area contributed by atoms with Crippen molar-refractivity contribution >= 4 is 11.6 Å². The highest BCUT2D eigenvalue weighted by Crippen LogP contribution is 2.39. The van der Waals surface area contributed by atoms with Crippen LogP contribution in [-0.4, -0.2) is 38.7 Å². The number of nitrogens with two attached hydrogens (primary N) is 1. The molecule has 1 saturated heterocycles. The third-order valence-corrected chi connectivity index (χ3v) is 3.50. The van der Waals surface area contributed by atoms with Crippen LogP contribution >= 0.6 is 11.6 Å². The van der Waals surface area contributed by atoms with E-state index in [9.17, 15) is 0 Å². The predicted molar refractivity (Wildman–Crippen MR) is 66.2 cm³/mol. The predicted octanol–water partition coefficient (Wildman–Crippen LogP) is 1.49. The van der Waals surface area contributed by atoms with Crippen LogP contribution in [0.3, 0.4) is 0 Å². The van der Waals surface area contributed by atoms with E-state index in [0.29, 0.717) is 6.54 Å². The zero-order chi connectivity index (χ0) is 11.8. The van der Waals surface area contributed by atoms with E-state index in [1.165, 1.54) is 0 Å². The Balaban J connectivity index is 2.41. The number of rotatable bonds is 3. The van der Waals surface area contributed by atoms with E-state index in [2.05, 4.69) is 11.9 Å². The summed E-state index contributed by atoms with van der Waals surface area (Å²) in [5.74, 6) is 0.878. The van der Waals surface area contributed by atoms with Crippen LogP contribution in [0, 0.1) is 0 Å². The molecule has 0 amide bonds. The molecule has 0 aromatic heterocycles. The van der Waals surface area contributed by atoms with Gasteiger partial charge in [-0.15, -0.1) is 0 Å². The van der Waals surface area contributed by atoms with Crippen LogP contribution in [0.25, 0.3) is 0 Å². The fraction of sp³-hybridized carbons (Fsp3) is 0.500. The second kappa shape index (κ2) is 4.24. The molecule has 1 fully saturated rings. The molecule has 2 rings (SSSR count). The van der Waals surface area contributed by atoms with Crippen LogP contribution in [-0.2, 0) is 5.41 Å². The first kappa shape index (κ1) is 11.7. The molecule has 1 aromatic carbocycles. The number of methoxy groups -OCH3 is 1. The van der Waals surface area contributed by atoms with E-state index in [4.69, 9.17) is 22.1 Å². The summed E-state index contributed by atoms with van der Waals surface area (Å²) in [7, 11) is 3.77. The molecule has 0 saturated carbocycles. The molecule has 0 atom stereocenters. The van der Waals surface area contributed by atoms with Crippen LogP contribution in [0.2, 0.25) is 5.02 Å². The topological polar surface area (TPSA) is 38.5 Å². The Hall–Kier alpha value is -0.770. The van der Waals surface area contributed by atoms with Gasteiger partial charge in [-0.1, -0.05) is 11.6 Å². The molecule has 16 heavy (non-hydrogen) atoms. The fourth-order valence-corrected chi connectivity index (χ4v) is 2.66. The van der Waals surface area contributed by atoms with Crippen molar-refractivity contribution in [1.82, 2.24) is 4.90 Å². The average molecular weight is 241 g/mol. The maximum atomic E-state index is 6.04. The van der Waals surface area contributed by atoms with Gasteiger partial charge in [-0.25, -0.2) is 0 Å². The van der Waals surface area contributed by atoms with Crippen LogP contribution in [0.4, 0.5) is 0 Å². The monoisotopic (exact) mass is 240 g/mol. The summed E-state index contributed by atoms with van der Waals surface area (Å²) in [5.41, 5.74) is 7.04. The average Bonchev–Trinajstić information content (AvgIpc) is 2.24. The second-order valence-corrected chi connectivity index (χ2v) is 4.94. The molecule has 1 aromatic rings. The first-order valence-electron chi connectivity index (χ1n) is 5.34. The molecule has 88 valence electrons. The third-order valence-electron chi connectivity index (χ3n) is 3.27. The van der Waals surface area contributed by atoms with Gasteiger partial charge in [-0.05, 0) is 25.2 Å². The molecule has 2 N–H and O–H groups in total. The molecule has 1 aliphatic heterocycles. The van der Waals surface area contributed by atoms with E-state index in [1.807, 2.05) is 18.2 Å². The van der Waals surface area contributed by atoms with Gasteiger partial charge in [0.05, 0.1) is 7.11 Å². The third kappa shape index (κ3) is 1.79. The number of benzene rings is 1. The first-order valence-corrected chi connectivity index (χ1v) is 5.72. The lowest BCUT2D eigenvalue weighted by Crippen LogP contribution is -2.61. The summed E-state index contributed by atoms with van der Waals surface area (Å²) in [6, 6.07) is 5.73. The molecule has 0 unspecified atom stereocenters. The molecule has 1 heterocycles. The van der Waals surface area contributed by atoms with Gasteiger partial charge in [-0.2, -0.15) is 0 Å². The number of nitrogens with zero attached hydrogens (tertiary/aromatic N) is 1. The van der Waals surface area contributed by atoms with Gasteiger partial charge in [0, 0.05) is 35.6 Å². The standard InChI is InChI=1S/C12H17ClN2O/c1-15-7-12(6-14,8-15)10-5-9(13)3-4-11(10)16-2/h3-5H,6-8,14H2,1-2H3. The molecule has 4 heteroatoms. The Labute approximate surface area is 101 Å². The summed E-state index contributed by atoms with van der Waals surface area (Å²) in [6.45, 7) is 2.54. The van der Waals surface area contributed by atoms with Crippen molar-refractivity contribution in [2.75, 3.05) is 33.8 Å². The highest BCUT2D eigenvalue weighted by molar-refractivity contribution is 6.30. The Morgan fingerprint density at radius 3 is 2.69 bits per heavy atom. The van der Waals surface area contributed by atoms with E-state index in [-0.39, 0.29) is 5.41 Å². The number of likely N-dealkylation sites (N-methyl/N-ethyl adjacent to an activating group) is 1. The lowest BCUT2D eigenvalue weighted by Gasteiger charge is -2.48. The fourth-order valence-electron chi connectivity index (χ4n) is 2.49. The van der Waals surface area contributed by atoms with Crippen LogP contribution in [0.1, 0.15) is 5.56 Å². The normalized spacial score (nSPS) is 19.2. The van der Waals surface area contributed by atoms with Crippen molar-refractivity contribution in [3.63, 3.8) is 0 Å². The second-order valence-electron chi connectivity index (χ2n) is 4.50. The number of halogens is 1. The van der Waals surface area contributed by atoms with Crippen molar-refractivity contribution in [3.8, 4) is 5.75 Å². The molecule has 0 aliphatic carbocycles. The van der Waals surface area contributed by atoms with Crippen LogP contribution in [0.15, 0.2) is 18.2 Å². The lowest BCUT2D eigenvalue weighted by atomic mass is 9.73. The van der Waals surface area contributed by atoms with Crippen molar-refractivity contribution in [2.45, 2.75) is 5.41 Å². The molecule has 1 aliphatic rings. The van der Waals surface area contributed by atoms with Crippen molar-refractivity contribution in [2.24, 2.45) is 5.73 Å². The van der Waals surface area contributed by atoms with Crippen LogP contribution < -0.4 is 10.5 Å². The maximum Gasteiger partial charge on any atom is 0.122 e. The summed E-state index contributed by atoms with van der Waals surface area (Å²) >= 11 is 6.04. The zero-order valence-electron chi connectivity index (χ0n) is 9.66. The number of hydrogen-bond acceptors (Lipinski definition) is 3. The highest BCUT2D eigenvalue weighted by atomic mass is 35.5. The van der Waals surface area contributed by atoms with Gasteiger partial charge in [0.2, 0.25) is 0 Å². The Bertz CT molecular complexity index is 389. The van der Waals surface area contributed by atoms with E-state index < -0.39 is 0 Å². The van der Waals surface area contributed by atoms with Crippen molar-refractivity contribution in [1.29, 1.82) is 0 Å². The highest BCUT2D eigenvalue weighted by Gasteiger charge is 2.43.